The summed E-state index contributed by atoms with van der Waals surface area (Å²) in [6.07, 6.45) is 2.64. The van der Waals surface area contributed by atoms with Gasteiger partial charge < -0.3 is 10.1 Å². The van der Waals surface area contributed by atoms with Crippen LogP contribution in [0.25, 0.3) is 0 Å². The first-order chi connectivity index (χ1) is 6.18. The molecule has 0 heterocycles. The SMILES string of the molecule is C=CCCOCCNC(=O)C(C)S. The molecule has 1 amide bonds. The summed E-state index contributed by atoms with van der Waals surface area (Å²) in [6.45, 7) is 7.05. The Balaban J connectivity index is 3.16. The molecule has 0 saturated heterocycles. The van der Waals surface area contributed by atoms with Crippen molar-refractivity contribution in [3.63, 3.8) is 0 Å². The van der Waals surface area contributed by atoms with E-state index in [9.17, 15) is 4.79 Å². The van der Waals surface area contributed by atoms with E-state index in [2.05, 4.69) is 24.5 Å². The second kappa shape index (κ2) is 8.13. The van der Waals surface area contributed by atoms with Gasteiger partial charge in [0.15, 0.2) is 0 Å². The summed E-state index contributed by atoms with van der Waals surface area (Å²) in [6, 6.07) is 0. The number of hydrogen-bond acceptors (Lipinski definition) is 3. The molecular formula is C9H17NO2S. The highest BCUT2D eigenvalue weighted by Crippen LogP contribution is 1.90. The Labute approximate surface area is 84.9 Å². The van der Waals surface area contributed by atoms with E-state index in [1.165, 1.54) is 0 Å². The molecule has 1 unspecified atom stereocenters. The van der Waals surface area contributed by atoms with E-state index in [1.54, 1.807) is 13.0 Å². The predicted octanol–water partition coefficient (Wildman–Crippen LogP) is 1.01. The highest BCUT2D eigenvalue weighted by atomic mass is 32.1. The number of thiol groups is 1. The number of carbonyl (C=O) groups excluding carboxylic acids is 1. The molecule has 13 heavy (non-hydrogen) atoms. The number of carbonyl (C=O) groups is 1. The van der Waals surface area contributed by atoms with Crippen LogP contribution in [0.1, 0.15) is 13.3 Å². The molecule has 0 fully saturated rings. The van der Waals surface area contributed by atoms with Crippen molar-refractivity contribution in [2.24, 2.45) is 0 Å². The standard InChI is InChI=1S/C9H17NO2S/c1-3-4-6-12-7-5-10-9(11)8(2)13/h3,8,13H,1,4-7H2,2H3,(H,10,11). The number of rotatable bonds is 7. The molecular weight excluding hydrogens is 186 g/mol. The maximum Gasteiger partial charge on any atom is 0.232 e. The van der Waals surface area contributed by atoms with Crippen molar-refractivity contribution in [3.05, 3.63) is 12.7 Å². The molecule has 4 heteroatoms. The van der Waals surface area contributed by atoms with Gasteiger partial charge in [-0.15, -0.1) is 6.58 Å². The van der Waals surface area contributed by atoms with Crippen LogP contribution in [0.5, 0.6) is 0 Å². The van der Waals surface area contributed by atoms with Crippen LogP contribution in [0.4, 0.5) is 0 Å². The number of hydrogen-bond donors (Lipinski definition) is 2. The summed E-state index contributed by atoms with van der Waals surface area (Å²) in [5.41, 5.74) is 0. The van der Waals surface area contributed by atoms with Gasteiger partial charge in [-0.3, -0.25) is 4.79 Å². The summed E-state index contributed by atoms with van der Waals surface area (Å²) < 4.78 is 5.19. The number of amides is 1. The monoisotopic (exact) mass is 203 g/mol. The molecule has 0 radical (unpaired) electrons. The Kier molecular flexibility index (Phi) is 7.83. The summed E-state index contributed by atoms with van der Waals surface area (Å²) in [5, 5.41) is 2.44. The molecule has 76 valence electrons. The summed E-state index contributed by atoms with van der Waals surface area (Å²) in [4.78, 5) is 11.0. The smallest absolute Gasteiger partial charge is 0.232 e. The second-order valence-electron chi connectivity index (χ2n) is 2.66. The van der Waals surface area contributed by atoms with Gasteiger partial charge in [-0.2, -0.15) is 12.6 Å². The van der Waals surface area contributed by atoms with Gasteiger partial charge in [-0.1, -0.05) is 6.08 Å². The molecule has 0 aliphatic carbocycles. The highest BCUT2D eigenvalue weighted by molar-refractivity contribution is 7.81. The molecule has 1 N–H and O–H groups in total. The summed E-state index contributed by atoms with van der Waals surface area (Å²) >= 11 is 3.99. The fourth-order valence-corrected chi connectivity index (χ4v) is 0.754. The highest BCUT2D eigenvalue weighted by Gasteiger charge is 2.05. The van der Waals surface area contributed by atoms with Crippen molar-refractivity contribution in [2.45, 2.75) is 18.6 Å². The lowest BCUT2D eigenvalue weighted by Crippen LogP contribution is -2.32. The van der Waals surface area contributed by atoms with Crippen LogP contribution in [0.15, 0.2) is 12.7 Å². The summed E-state index contributed by atoms with van der Waals surface area (Å²) in [5.74, 6) is -0.0596. The van der Waals surface area contributed by atoms with Crippen molar-refractivity contribution >= 4 is 18.5 Å². The Morgan fingerprint density at radius 2 is 2.38 bits per heavy atom. The molecule has 0 aliphatic rings. The normalized spacial score (nSPS) is 12.2. The maximum absolute atomic E-state index is 11.0. The van der Waals surface area contributed by atoms with E-state index in [-0.39, 0.29) is 11.2 Å². The Morgan fingerprint density at radius 1 is 1.69 bits per heavy atom. The molecule has 0 aromatic carbocycles. The molecule has 0 rings (SSSR count). The minimum Gasteiger partial charge on any atom is -0.379 e. The van der Waals surface area contributed by atoms with E-state index >= 15 is 0 Å². The van der Waals surface area contributed by atoms with Crippen molar-refractivity contribution in [2.75, 3.05) is 19.8 Å². The second-order valence-corrected chi connectivity index (χ2v) is 3.43. The first kappa shape index (κ1) is 12.5. The molecule has 0 aromatic heterocycles. The van der Waals surface area contributed by atoms with Crippen molar-refractivity contribution < 1.29 is 9.53 Å². The molecule has 0 spiro atoms. The van der Waals surface area contributed by atoms with Gasteiger partial charge in [0.05, 0.1) is 18.5 Å². The van der Waals surface area contributed by atoms with E-state index in [0.717, 1.165) is 6.42 Å². The van der Waals surface area contributed by atoms with Gasteiger partial charge in [0.1, 0.15) is 0 Å². The van der Waals surface area contributed by atoms with Crippen molar-refractivity contribution in [1.82, 2.24) is 5.32 Å². The first-order valence-corrected chi connectivity index (χ1v) is 4.84. The quantitative estimate of drug-likeness (QED) is 0.368. The van der Waals surface area contributed by atoms with Crippen molar-refractivity contribution in [3.8, 4) is 0 Å². The largest absolute Gasteiger partial charge is 0.379 e. The minimum absolute atomic E-state index is 0.0596. The third-order valence-electron chi connectivity index (χ3n) is 1.39. The molecule has 0 bridgehead atoms. The zero-order chi connectivity index (χ0) is 10.1. The minimum atomic E-state index is -0.256. The molecule has 0 aromatic rings. The lowest BCUT2D eigenvalue weighted by atomic mass is 10.4. The van der Waals surface area contributed by atoms with Gasteiger partial charge >= 0.3 is 0 Å². The average molecular weight is 203 g/mol. The van der Waals surface area contributed by atoms with E-state index in [4.69, 9.17) is 4.74 Å². The van der Waals surface area contributed by atoms with Gasteiger partial charge in [0.25, 0.3) is 0 Å². The van der Waals surface area contributed by atoms with Crippen LogP contribution in [-0.2, 0) is 9.53 Å². The van der Waals surface area contributed by atoms with Crippen molar-refractivity contribution in [1.29, 1.82) is 0 Å². The first-order valence-electron chi connectivity index (χ1n) is 4.33. The van der Waals surface area contributed by atoms with Crippen LogP contribution >= 0.6 is 12.6 Å². The van der Waals surface area contributed by atoms with Crippen LogP contribution in [-0.4, -0.2) is 30.9 Å². The molecule has 3 nitrogen and oxygen atoms in total. The zero-order valence-electron chi connectivity index (χ0n) is 7.95. The molecule has 0 saturated carbocycles. The topological polar surface area (TPSA) is 38.3 Å². The zero-order valence-corrected chi connectivity index (χ0v) is 8.85. The van der Waals surface area contributed by atoms with E-state index in [1.807, 2.05) is 0 Å². The van der Waals surface area contributed by atoms with Crippen LogP contribution in [0, 0.1) is 0 Å². The third kappa shape index (κ3) is 7.87. The van der Waals surface area contributed by atoms with Gasteiger partial charge in [-0.05, 0) is 13.3 Å². The lowest BCUT2D eigenvalue weighted by Gasteiger charge is -2.06. The Bertz CT molecular complexity index is 160. The number of ether oxygens (including phenoxy) is 1. The lowest BCUT2D eigenvalue weighted by molar-refractivity contribution is -0.120. The number of nitrogens with one attached hydrogen (secondary N) is 1. The Morgan fingerprint density at radius 3 is 2.92 bits per heavy atom. The van der Waals surface area contributed by atoms with Gasteiger partial charge in [-0.25, -0.2) is 0 Å². The molecule has 0 aliphatic heterocycles. The summed E-state index contributed by atoms with van der Waals surface area (Å²) in [7, 11) is 0. The van der Waals surface area contributed by atoms with Crippen LogP contribution in [0.3, 0.4) is 0 Å². The van der Waals surface area contributed by atoms with Crippen LogP contribution < -0.4 is 5.32 Å². The van der Waals surface area contributed by atoms with Gasteiger partial charge in [0, 0.05) is 6.54 Å². The maximum atomic E-state index is 11.0. The average Bonchev–Trinajstić information content (AvgIpc) is 2.10. The predicted molar refractivity (Wildman–Crippen MR) is 57.1 cm³/mol. The Hall–Kier alpha value is -0.480. The van der Waals surface area contributed by atoms with E-state index < -0.39 is 0 Å². The third-order valence-corrected chi connectivity index (χ3v) is 1.63. The van der Waals surface area contributed by atoms with Crippen LogP contribution in [0.2, 0.25) is 0 Å². The fourth-order valence-electron chi connectivity index (χ4n) is 0.663. The fraction of sp³-hybridized carbons (Fsp3) is 0.667. The van der Waals surface area contributed by atoms with Gasteiger partial charge in [0.2, 0.25) is 5.91 Å². The van der Waals surface area contributed by atoms with E-state index in [0.29, 0.717) is 19.8 Å². The molecule has 1 atom stereocenters.